The van der Waals surface area contributed by atoms with E-state index in [0.717, 1.165) is 11.2 Å². The molecule has 0 amide bonds. The highest BCUT2D eigenvalue weighted by Gasteiger charge is 2.20. The number of hydrogen-bond acceptors (Lipinski definition) is 1. The Morgan fingerprint density at radius 3 is 2.42 bits per heavy atom. The van der Waals surface area contributed by atoms with E-state index >= 15 is 0 Å². The molecular formula is C30H33N. The van der Waals surface area contributed by atoms with Gasteiger partial charge in [-0.25, -0.2) is 4.98 Å². The molecule has 0 bridgehead atoms. The van der Waals surface area contributed by atoms with Gasteiger partial charge in [-0.1, -0.05) is 69.0 Å². The Kier molecular flexibility index (Phi) is 5.30. The van der Waals surface area contributed by atoms with Crippen molar-refractivity contribution < 1.29 is 0 Å². The fourth-order valence-electron chi connectivity index (χ4n) is 5.66. The lowest BCUT2D eigenvalue weighted by molar-refractivity contribution is 0.445. The van der Waals surface area contributed by atoms with E-state index in [-0.39, 0.29) is 0 Å². The molecule has 1 aromatic heterocycles. The average Bonchev–Trinajstić information content (AvgIpc) is 2.77. The van der Waals surface area contributed by atoms with Crippen LogP contribution in [0.5, 0.6) is 0 Å². The molecule has 0 unspecified atom stereocenters. The Morgan fingerprint density at radius 2 is 1.65 bits per heavy atom. The van der Waals surface area contributed by atoms with E-state index in [1.807, 2.05) is 0 Å². The molecule has 0 saturated heterocycles. The highest BCUT2D eigenvalue weighted by molar-refractivity contribution is 5.94. The summed E-state index contributed by atoms with van der Waals surface area (Å²) in [6.45, 7) is 9.05. The molecule has 0 radical (unpaired) electrons. The zero-order valence-corrected chi connectivity index (χ0v) is 19.3. The van der Waals surface area contributed by atoms with Crippen molar-refractivity contribution in [1.29, 1.82) is 0 Å². The first kappa shape index (κ1) is 20.2. The molecule has 1 aliphatic rings. The van der Waals surface area contributed by atoms with Gasteiger partial charge >= 0.3 is 0 Å². The monoisotopic (exact) mass is 407 g/mol. The molecule has 158 valence electrons. The van der Waals surface area contributed by atoms with Gasteiger partial charge in [0.15, 0.2) is 0 Å². The molecule has 1 heterocycles. The summed E-state index contributed by atoms with van der Waals surface area (Å²) in [5, 5.41) is 4.10. The second-order valence-electron chi connectivity index (χ2n) is 9.85. The maximum atomic E-state index is 5.15. The number of aryl methyl sites for hydroxylation is 2. The molecule has 1 nitrogen and oxygen atoms in total. The third kappa shape index (κ3) is 3.76. The average molecular weight is 408 g/mol. The molecule has 1 saturated carbocycles. The maximum absolute atomic E-state index is 5.15. The van der Waals surface area contributed by atoms with E-state index in [9.17, 15) is 0 Å². The quantitative estimate of drug-likeness (QED) is 0.330. The van der Waals surface area contributed by atoms with Gasteiger partial charge in [0, 0.05) is 10.9 Å². The fourth-order valence-corrected chi connectivity index (χ4v) is 5.66. The summed E-state index contributed by atoms with van der Waals surface area (Å²) in [7, 11) is 0. The van der Waals surface area contributed by atoms with Gasteiger partial charge < -0.3 is 0 Å². The molecule has 31 heavy (non-hydrogen) atoms. The van der Waals surface area contributed by atoms with Gasteiger partial charge in [-0.05, 0) is 90.3 Å². The Balaban J connectivity index is 1.75. The Morgan fingerprint density at radius 1 is 0.871 bits per heavy atom. The van der Waals surface area contributed by atoms with E-state index in [4.69, 9.17) is 4.98 Å². The summed E-state index contributed by atoms with van der Waals surface area (Å²) in [4.78, 5) is 5.15. The van der Waals surface area contributed by atoms with Crippen LogP contribution in [0.25, 0.3) is 32.9 Å². The molecule has 0 aliphatic heterocycles. The van der Waals surface area contributed by atoms with Crippen LogP contribution in [-0.2, 0) is 0 Å². The zero-order valence-electron chi connectivity index (χ0n) is 19.3. The maximum Gasteiger partial charge on any atom is 0.0712 e. The summed E-state index contributed by atoms with van der Waals surface area (Å²) >= 11 is 0. The summed E-state index contributed by atoms with van der Waals surface area (Å²) < 4.78 is 0. The molecule has 1 heteroatoms. The zero-order chi connectivity index (χ0) is 21.5. The first-order valence-corrected chi connectivity index (χ1v) is 12.0. The van der Waals surface area contributed by atoms with Crippen LogP contribution in [0.3, 0.4) is 0 Å². The molecule has 0 N–H and O–H groups in total. The van der Waals surface area contributed by atoms with Crippen LogP contribution in [0.2, 0.25) is 0 Å². The Labute approximate surface area is 186 Å². The van der Waals surface area contributed by atoms with Crippen molar-refractivity contribution in [2.24, 2.45) is 0 Å². The van der Waals surface area contributed by atoms with E-state index in [1.54, 1.807) is 0 Å². The van der Waals surface area contributed by atoms with Crippen molar-refractivity contribution in [2.45, 2.75) is 71.6 Å². The number of hydrogen-bond donors (Lipinski definition) is 0. The Hall–Kier alpha value is -2.67. The van der Waals surface area contributed by atoms with Crippen LogP contribution in [0, 0.1) is 13.8 Å². The van der Waals surface area contributed by atoms with Gasteiger partial charge in [0.2, 0.25) is 0 Å². The van der Waals surface area contributed by atoms with Crippen molar-refractivity contribution in [2.75, 3.05) is 0 Å². The van der Waals surface area contributed by atoms with Crippen LogP contribution in [0.15, 0.2) is 54.6 Å². The van der Waals surface area contributed by atoms with Crippen molar-refractivity contribution in [3.05, 3.63) is 76.9 Å². The largest absolute Gasteiger partial charge is 0.248 e. The van der Waals surface area contributed by atoms with E-state index in [0.29, 0.717) is 11.8 Å². The molecule has 0 atom stereocenters. The number of rotatable bonds is 3. The molecule has 3 aromatic carbocycles. The topological polar surface area (TPSA) is 12.9 Å². The van der Waals surface area contributed by atoms with E-state index < -0.39 is 0 Å². The molecule has 4 aromatic rings. The lowest BCUT2D eigenvalue weighted by atomic mass is 9.82. The number of aromatic nitrogens is 1. The van der Waals surface area contributed by atoms with E-state index in [1.165, 1.54) is 76.1 Å². The lowest BCUT2D eigenvalue weighted by Crippen LogP contribution is -2.06. The molecule has 1 fully saturated rings. The summed E-state index contributed by atoms with van der Waals surface area (Å²) in [5.41, 5.74) is 9.15. The third-order valence-corrected chi connectivity index (χ3v) is 7.13. The number of benzene rings is 3. The molecule has 0 spiro atoms. The van der Waals surface area contributed by atoms with Gasteiger partial charge in [-0.2, -0.15) is 0 Å². The van der Waals surface area contributed by atoms with Crippen LogP contribution < -0.4 is 0 Å². The summed E-state index contributed by atoms with van der Waals surface area (Å²) in [6.07, 6.45) is 6.69. The van der Waals surface area contributed by atoms with Gasteiger partial charge in [-0.3, -0.25) is 0 Å². The Bertz CT molecular complexity index is 1260. The fraction of sp³-hybridized carbons (Fsp3) is 0.367. The van der Waals surface area contributed by atoms with Gasteiger partial charge in [0.25, 0.3) is 0 Å². The third-order valence-electron chi connectivity index (χ3n) is 7.13. The van der Waals surface area contributed by atoms with E-state index in [2.05, 4.69) is 82.3 Å². The van der Waals surface area contributed by atoms with Crippen molar-refractivity contribution in [3.63, 3.8) is 0 Å². The highest BCUT2D eigenvalue weighted by Crippen LogP contribution is 2.39. The van der Waals surface area contributed by atoms with Gasteiger partial charge in [-0.15, -0.1) is 0 Å². The first-order chi connectivity index (χ1) is 15.0. The number of fused-ring (bicyclic) bond motifs is 2. The van der Waals surface area contributed by atoms with Crippen molar-refractivity contribution >= 4 is 21.7 Å². The van der Waals surface area contributed by atoms with Gasteiger partial charge in [0.1, 0.15) is 0 Å². The smallest absolute Gasteiger partial charge is 0.0712 e. The van der Waals surface area contributed by atoms with Crippen LogP contribution in [0.1, 0.15) is 80.0 Å². The minimum absolute atomic E-state index is 0.474. The molecule has 1 aliphatic carbocycles. The number of pyridine rings is 1. The van der Waals surface area contributed by atoms with Crippen LogP contribution >= 0.6 is 0 Å². The van der Waals surface area contributed by atoms with Crippen molar-refractivity contribution in [3.8, 4) is 11.3 Å². The molecular weight excluding hydrogens is 374 g/mol. The predicted molar refractivity (Wildman–Crippen MR) is 134 cm³/mol. The molecule has 5 rings (SSSR count). The van der Waals surface area contributed by atoms with Crippen LogP contribution in [-0.4, -0.2) is 4.98 Å². The standard InChI is InChI=1S/C30H33N/c1-19(2)26-17-23(16-24-15-20(3)14-21(4)30(24)26)29-18-27(22-10-6-5-7-11-22)25-12-8-9-13-28(25)31-29/h8-9,12-19,22H,5-7,10-11H2,1-4H3. The first-order valence-electron chi connectivity index (χ1n) is 12.0. The second-order valence-corrected chi connectivity index (χ2v) is 9.85. The van der Waals surface area contributed by atoms with Gasteiger partial charge in [0.05, 0.1) is 11.2 Å². The second kappa shape index (κ2) is 8.11. The summed E-state index contributed by atoms with van der Waals surface area (Å²) in [6, 6.07) is 20.5. The predicted octanol–water partition coefficient (Wildman–Crippen LogP) is 8.84. The van der Waals surface area contributed by atoms with Crippen molar-refractivity contribution in [1.82, 2.24) is 4.98 Å². The minimum Gasteiger partial charge on any atom is -0.248 e. The number of para-hydroxylation sites is 1. The lowest BCUT2D eigenvalue weighted by Gasteiger charge is -2.24. The highest BCUT2D eigenvalue weighted by atomic mass is 14.7. The number of nitrogens with zero attached hydrogens (tertiary/aromatic N) is 1. The summed E-state index contributed by atoms with van der Waals surface area (Å²) in [5.74, 6) is 1.14. The van der Waals surface area contributed by atoms with Crippen LogP contribution in [0.4, 0.5) is 0 Å². The normalized spacial score (nSPS) is 15.3. The SMILES string of the molecule is Cc1cc(C)c2c(C(C)C)cc(-c3cc(C4CCCCC4)c4ccccc4n3)cc2c1. The minimum atomic E-state index is 0.474.